The van der Waals surface area contributed by atoms with Crippen LogP contribution in [0, 0.1) is 6.92 Å². The summed E-state index contributed by atoms with van der Waals surface area (Å²) in [5.41, 5.74) is -1.11. The molecule has 0 spiro atoms. The number of carbonyl (C=O) groups is 3. The van der Waals surface area contributed by atoms with Crippen molar-refractivity contribution >= 4 is 17.5 Å². The second-order valence-corrected chi connectivity index (χ2v) is 6.75. The zero-order valence-corrected chi connectivity index (χ0v) is 16.4. The molecule has 29 heavy (non-hydrogen) atoms. The van der Waals surface area contributed by atoms with Gasteiger partial charge in [-0.2, -0.15) is 0 Å². The monoisotopic (exact) mass is 396 g/mol. The van der Waals surface area contributed by atoms with Gasteiger partial charge in [0.15, 0.2) is 0 Å². The largest absolute Gasteiger partial charge is 0.508 e. The van der Waals surface area contributed by atoms with E-state index in [4.69, 9.17) is 14.2 Å². The highest BCUT2D eigenvalue weighted by Crippen LogP contribution is 2.35. The Bertz CT molecular complexity index is 1040. The van der Waals surface area contributed by atoms with Crippen LogP contribution in [-0.2, 0) is 19.1 Å². The number of phenols is 1. The first-order chi connectivity index (χ1) is 13.7. The van der Waals surface area contributed by atoms with Crippen LogP contribution in [0.3, 0.4) is 0 Å². The number of esters is 1. The molecule has 0 saturated heterocycles. The van der Waals surface area contributed by atoms with E-state index in [1.165, 1.54) is 38.5 Å². The fourth-order valence-corrected chi connectivity index (χ4v) is 3.16. The van der Waals surface area contributed by atoms with Gasteiger partial charge in [0.05, 0.1) is 12.7 Å². The molecule has 3 rings (SSSR count). The highest BCUT2D eigenvalue weighted by molar-refractivity contribution is 6.26. The van der Waals surface area contributed by atoms with Gasteiger partial charge in [-0.1, -0.05) is 6.08 Å². The zero-order chi connectivity index (χ0) is 21.3. The number of benzene rings is 1. The van der Waals surface area contributed by atoms with Gasteiger partial charge in [-0.3, -0.25) is 9.59 Å². The highest BCUT2D eigenvalue weighted by atomic mass is 16.6. The highest BCUT2D eigenvalue weighted by Gasteiger charge is 2.49. The van der Waals surface area contributed by atoms with Crippen LogP contribution in [0.4, 0.5) is 0 Å². The number of aryl methyl sites for hydroxylation is 1. The molecule has 0 amide bonds. The van der Waals surface area contributed by atoms with E-state index < -0.39 is 23.1 Å². The molecule has 7 heteroatoms. The topological polar surface area (TPSA) is 99.1 Å². The lowest BCUT2D eigenvalue weighted by Crippen LogP contribution is -2.50. The number of hydrogen-bond donors (Lipinski definition) is 1. The second-order valence-electron chi connectivity index (χ2n) is 6.75. The summed E-state index contributed by atoms with van der Waals surface area (Å²) in [7, 11) is 1.33. The SMILES string of the molecule is CC=CC1=CC2=CC(=O)C(C)(OC(=O)c3c(C)cc(O)cc3OC)C(=O)C2=CO1. The number of rotatable bonds is 4. The zero-order valence-electron chi connectivity index (χ0n) is 16.4. The molecule has 1 aromatic carbocycles. The van der Waals surface area contributed by atoms with Crippen LogP contribution in [-0.4, -0.2) is 35.4 Å². The van der Waals surface area contributed by atoms with Crippen LogP contribution < -0.4 is 4.74 Å². The van der Waals surface area contributed by atoms with E-state index in [1.807, 2.05) is 6.92 Å². The Balaban J connectivity index is 1.98. The van der Waals surface area contributed by atoms with Gasteiger partial charge in [-0.15, -0.1) is 0 Å². The van der Waals surface area contributed by atoms with Crippen LogP contribution in [0.2, 0.25) is 0 Å². The first kappa shape index (κ1) is 20.1. The molecular formula is C22H20O7. The summed E-state index contributed by atoms with van der Waals surface area (Å²) in [6.45, 7) is 4.64. The van der Waals surface area contributed by atoms with Crippen molar-refractivity contribution in [3.8, 4) is 11.5 Å². The summed E-state index contributed by atoms with van der Waals surface area (Å²) in [4.78, 5) is 38.6. The van der Waals surface area contributed by atoms with Gasteiger partial charge in [-0.25, -0.2) is 4.79 Å². The molecule has 1 aromatic rings. The van der Waals surface area contributed by atoms with E-state index >= 15 is 0 Å². The number of ether oxygens (including phenoxy) is 3. The van der Waals surface area contributed by atoms with Gasteiger partial charge in [0.2, 0.25) is 17.2 Å². The maximum atomic E-state index is 13.0. The van der Waals surface area contributed by atoms with Crippen molar-refractivity contribution in [3.05, 3.63) is 70.7 Å². The minimum Gasteiger partial charge on any atom is -0.508 e. The van der Waals surface area contributed by atoms with E-state index in [1.54, 1.807) is 25.2 Å². The van der Waals surface area contributed by atoms with Gasteiger partial charge in [0.25, 0.3) is 0 Å². The number of ketones is 2. The molecular weight excluding hydrogens is 376 g/mol. The van der Waals surface area contributed by atoms with Gasteiger partial charge in [0, 0.05) is 6.07 Å². The summed E-state index contributed by atoms with van der Waals surface area (Å²) < 4.78 is 15.9. The average Bonchev–Trinajstić information content (AvgIpc) is 2.66. The number of Topliss-reactive ketones (excluding diaryl/α,β-unsaturated/α-hetero) is 1. The summed E-state index contributed by atoms with van der Waals surface area (Å²) in [6.07, 6.45) is 7.52. The second kappa shape index (κ2) is 7.43. The van der Waals surface area contributed by atoms with Crippen molar-refractivity contribution in [2.24, 2.45) is 0 Å². The normalized spacial score (nSPS) is 21.0. The van der Waals surface area contributed by atoms with Gasteiger partial charge < -0.3 is 19.3 Å². The molecule has 2 aliphatic rings. The van der Waals surface area contributed by atoms with Crippen molar-refractivity contribution in [3.63, 3.8) is 0 Å². The molecule has 1 heterocycles. The Hall–Kier alpha value is -3.61. The quantitative estimate of drug-likeness (QED) is 0.617. The smallest absolute Gasteiger partial charge is 0.343 e. The lowest BCUT2D eigenvalue weighted by Gasteiger charge is -2.31. The van der Waals surface area contributed by atoms with Gasteiger partial charge >= 0.3 is 5.97 Å². The Morgan fingerprint density at radius 3 is 2.62 bits per heavy atom. The third kappa shape index (κ3) is 3.47. The lowest BCUT2D eigenvalue weighted by atomic mass is 9.80. The van der Waals surface area contributed by atoms with Crippen molar-refractivity contribution < 1.29 is 33.7 Å². The molecule has 0 saturated carbocycles. The molecule has 7 nitrogen and oxygen atoms in total. The van der Waals surface area contributed by atoms with Crippen molar-refractivity contribution in [2.45, 2.75) is 26.4 Å². The Morgan fingerprint density at radius 1 is 1.24 bits per heavy atom. The number of aromatic hydroxyl groups is 1. The Morgan fingerprint density at radius 2 is 1.97 bits per heavy atom. The van der Waals surface area contributed by atoms with Crippen molar-refractivity contribution in [2.75, 3.05) is 7.11 Å². The van der Waals surface area contributed by atoms with Crippen molar-refractivity contribution in [1.82, 2.24) is 0 Å². The standard InChI is InChI=1S/C22H20O7/c1-5-6-15-8-13-9-18(24)22(3,20(25)16(13)11-28-15)29-21(26)19-12(2)7-14(23)10-17(19)27-4/h5-11,23H,1-4H3. The number of allylic oxidation sites excluding steroid dienone is 4. The minimum atomic E-state index is -2.04. The Kier molecular flexibility index (Phi) is 5.16. The molecule has 1 aliphatic carbocycles. The first-order valence-corrected chi connectivity index (χ1v) is 8.84. The van der Waals surface area contributed by atoms with Crippen LogP contribution in [0.5, 0.6) is 11.5 Å². The third-order valence-electron chi connectivity index (χ3n) is 4.69. The fraction of sp³-hybridized carbons (Fsp3) is 0.227. The summed E-state index contributed by atoms with van der Waals surface area (Å²) >= 11 is 0. The van der Waals surface area contributed by atoms with Crippen molar-refractivity contribution in [1.29, 1.82) is 0 Å². The number of hydrogen-bond acceptors (Lipinski definition) is 7. The number of fused-ring (bicyclic) bond motifs is 1. The summed E-state index contributed by atoms with van der Waals surface area (Å²) in [5.74, 6) is -1.79. The third-order valence-corrected chi connectivity index (χ3v) is 4.69. The maximum Gasteiger partial charge on any atom is 0.343 e. The number of phenolic OH excluding ortho intramolecular Hbond substituents is 1. The molecule has 1 unspecified atom stereocenters. The van der Waals surface area contributed by atoms with Crippen LogP contribution in [0.15, 0.2) is 59.6 Å². The van der Waals surface area contributed by atoms with E-state index in [-0.39, 0.29) is 22.6 Å². The number of carbonyl (C=O) groups excluding carboxylic acids is 3. The summed E-state index contributed by atoms with van der Waals surface area (Å²) in [6, 6.07) is 2.61. The maximum absolute atomic E-state index is 13.0. The molecule has 0 aromatic heterocycles. The lowest BCUT2D eigenvalue weighted by molar-refractivity contribution is -0.145. The number of methoxy groups -OCH3 is 1. The average molecular weight is 396 g/mol. The van der Waals surface area contributed by atoms with Crippen LogP contribution in [0.1, 0.15) is 29.8 Å². The molecule has 0 bridgehead atoms. The minimum absolute atomic E-state index is 0.0195. The first-order valence-electron chi connectivity index (χ1n) is 8.84. The van der Waals surface area contributed by atoms with E-state index in [9.17, 15) is 19.5 Å². The summed E-state index contributed by atoms with van der Waals surface area (Å²) in [5, 5.41) is 9.70. The predicted octanol–water partition coefficient (Wildman–Crippen LogP) is 3.08. The van der Waals surface area contributed by atoms with E-state index in [2.05, 4.69) is 0 Å². The molecule has 1 atom stereocenters. The molecule has 1 aliphatic heterocycles. The predicted molar refractivity (Wildman–Crippen MR) is 103 cm³/mol. The van der Waals surface area contributed by atoms with Crippen LogP contribution in [0.25, 0.3) is 0 Å². The fourth-order valence-electron chi connectivity index (χ4n) is 3.16. The molecule has 0 radical (unpaired) electrons. The van der Waals surface area contributed by atoms with E-state index in [0.717, 1.165) is 0 Å². The van der Waals surface area contributed by atoms with E-state index in [0.29, 0.717) is 16.9 Å². The molecule has 1 N–H and O–H groups in total. The Labute approximate surface area is 167 Å². The molecule has 150 valence electrons. The van der Waals surface area contributed by atoms with Gasteiger partial charge in [0.1, 0.15) is 29.1 Å². The van der Waals surface area contributed by atoms with Gasteiger partial charge in [-0.05, 0) is 56.2 Å². The van der Waals surface area contributed by atoms with Crippen LogP contribution >= 0.6 is 0 Å². The molecule has 0 fully saturated rings.